The fourth-order valence-electron chi connectivity index (χ4n) is 1.50. The van der Waals surface area contributed by atoms with Crippen molar-refractivity contribution >= 4 is 23.4 Å². The second kappa shape index (κ2) is 4.57. The van der Waals surface area contributed by atoms with Crippen molar-refractivity contribution in [1.29, 1.82) is 0 Å². The Morgan fingerprint density at radius 2 is 2.38 bits per heavy atom. The van der Waals surface area contributed by atoms with Gasteiger partial charge in [0.25, 0.3) is 0 Å². The van der Waals surface area contributed by atoms with E-state index >= 15 is 0 Å². The molecule has 0 aliphatic rings. The molecule has 0 aliphatic heterocycles. The van der Waals surface area contributed by atoms with Crippen LogP contribution < -0.4 is 0 Å². The molecule has 0 saturated heterocycles. The van der Waals surface area contributed by atoms with Gasteiger partial charge >= 0.3 is 5.97 Å². The summed E-state index contributed by atoms with van der Waals surface area (Å²) in [5.41, 5.74) is 1.26. The maximum Gasteiger partial charge on any atom is 0.358 e. The number of carbonyl (C=O) groups excluding carboxylic acids is 1. The molecule has 0 fully saturated rings. The molecule has 0 saturated carbocycles. The van der Waals surface area contributed by atoms with Gasteiger partial charge in [-0.2, -0.15) is 0 Å². The van der Waals surface area contributed by atoms with E-state index in [-0.39, 0.29) is 5.97 Å². The smallest absolute Gasteiger partial charge is 0.358 e. The van der Waals surface area contributed by atoms with E-state index in [2.05, 4.69) is 4.98 Å². The molecule has 84 valence electrons. The number of rotatable bonds is 3. The summed E-state index contributed by atoms with van der Waals surface area (Å²) in [6.07, 6.45) is 3.71. The van der Waals surface area contributed by atoms with Gasteiger partial charge in [0, 0.05) is 6.20 Å². The Kier molecular flexibility index (Phi) is 3.14. The van der Waals surface area contributed by atoms with Crippen molar-refractivity contribution in [2.75, 3.05) is 12.9 Å². The first-order valence-electron chi connectivity index (χ1n) is 4.96. The number of carbonyl (C=O) groups is 1. The lowest BCUT2D eigenvalue weighted by Crippen LogP contribution is -2.08. The summed E-state index contributed by atoms with van der Waals surface area (Å²) in [6.45, 7) is 2.16. The highest BCUT2D eigenvalue weighted by molar-refractivity contribution is 7.98. The number of hydrogen-bond acceptors (Lipinski definition) is 4. The summed E-state index contributed by atoms with van der Waals surface area (Å²) in [7, 11) is 0. The molecule has 0 aromatic carbocycles. The number of aromatic nitrogens is 2. The van der Waals surface area contributed by atoms with Crippen LogP contribution in [0.15, 0.2) is 29.4 Å². The maximum absolute atomic E-state index is 11.8. The predicted octanol–water partition coefficient (Wildman–Crippen LogP) is 2.23. The third-order valence-electron chi connectivity index (χ3n) is 2.16. The Balaban J connectivity index is 2.60. The number of imidazole rings is 1. The van der Waals surface area contributed by atoms with Gasteiger partial charge in [-0.25, -0.2) is 9.78 Å². The molecule has 4 nitrogen and oxygen atoms in total. The van der Waals surface area contributed by atoms with Crippen LogP contribution in [0.5, 0.6) is 0 Å². The van der Waals surface area contributed by atoms with Crippen molar-refractivity contribution in [2.24, 2.45) is 0 Å². The Morgan fingerprint density at radius 3 is 3.06 bits per heavy atom. The van der Waals surface area contributed by atoms with E-state index in [0.29, 0.717) is 17.3 Å². The van der Waals surface area contributed by atoms with E-state index in [1.54, 1.807) is 11.3 Å². The Hall–Kier alpha value is -1.49. The molecule has 2 aromatic heterocycles. The van der Waals surface area contributed by atoms with Crippen molar-refractivity contribution in [3.63, 3.8) is 0 Å². The third-order valence-corrected chi connectivity index (χ3v) is 2.83. The largest absolute Gasteiger partial charge is 0.461 e. The van der Waals surface area contributed by atoms with Gasteiger partial charge in [-0.1, -0.05) is 6.07 Å². The molecule has 2 heterocycles. The van der Waals surface area contributed by atoms with E-state index in [1.807, 2.05) is 30.7 Å². The molecule has 0 unspecified atom stereocenters. The Labute approximate surface area is 97.6 Å². The van der Waals surface area contributed by atoms with Gasteiger partial charge in [0.15, 0.2) is 5.69 Å². The van der Waals surface area contributed by atoms with Crippen LogP contribution in [0.2, 0.25) is 0 Å². The fraction of sp³-hybridized carbons (Fsp3) is 0.273. The zero-order valence-corrected chi connectivity index (χ0v) is 9.95. The third kappa shape index (κ3) is 1.78. The van der Waals surface area contributed by atoms with E-state index < -0.39 is 0 Å². The van der Waals surface area contributed by atoms with Crippen LogP contribution in [0.25, 0.3) is 5.65 Å². The van der Waals surface area contributed by atoms with Crippen LogP contribution in [0.3, 0.4) is 0 Å². The lowest BCUT2D eigenvalue weighted by Gasteiger charge is -2.02. The minimum atomic E-state index is -0.328. The first-order chi connectivity index (χ1) is 7.77. The standard InChI is InChI=1S/C11H12N2O2S/c1-3-15-11(14)9-10(16-2)12-8-6-4-5-7-13(8)9/h4-7H,3H2,1-2H3. The SMILES string of the molecule is CCOC(=O)c1c(SC)nc2ccccn12. The average molecular weight is 236 g/mol. The lowest BCUT2D eigenvalue weighted by molar-refractivity contribution is 0.0513. The Bertz CT molecular complexity index is 522. The average Bonchev–Trinajstić information content (AvgIpc) is 2.67. The fourth-order valence-corrected chi connectivity index (χ4v) is 2.06. The second-order valence-electron chi connectivity index (χ2n) is 3.12. The van der Waals surface area contributed by atoms with Gasteiger partial charge < -0.3 is 4.74 Å². The predicted molar refractivity (Wildman–Crippen MR) is 62.9 cm³/mol. The van der Waals surface area contributed by atoms with E-state index in [9.17, 15) is 4.79 Å². The minimum Gasteiger partial charge on any atom is -0.461 e. The van der Waals surface area contributed by atoms with E-state index in [4.69, 9.17) is 4.74 Å². The van der Waals surface area contributed by atoms with Crippen LogP contribution in [-0.4, -0.2) is 28.2 Å². The zero-order valence-electron chi connectivity index (χ0n) is 9.14. The summed E-state index contributed by atoms with van der Waals surface area (Å²) in [4.78, 5) is 16.2. The maximum atomic E-state index is 11.8. The van der Waals surface area contributed by atoms with Crippen LogP contribution in [-0.2, 0) is 4.74 Å². The normalized spacial score (nSPS) is 10.6. The Morgan fingerprint density at radius 1 is 1.56 bits per heavy atom. The minimum absolute atomic E-state index is 0.328. The monoisotopic (exact) mass is 236 g/mol. The number of pyridine rings is 1. The number of esters is 1. The van der Waals surface area contributed by atoms with Gasteiger partial charge in [0.2, 0.25) is 0 Å². The summed E-state index contributed by atoms with van der Waals surface area (Å²) < 4.78 is 6.78. The first kappa shape index (κ1) is 11.0. The molecule has 0 radical (unpaired) electrons. The summed E-state index contributed by atoms with van der Waals surface area (Å²) in [5.74, 6) is -0.328. The summed E-state index contributed by atoms with van der Waals surface area (Å²) in [6, 6.07) is 5.62. The van der Waals surface area contributed by atoms with Gasteiger partial charge in [-0.3, -0.25) is 4.40 Å². The highest BCUT2D eigenvalue weighted by Gasteiger charge is 2.19. The van der Waals surface area contributed by atoms with Crippen molar-refractivity contribution in [1.82, 2.24) is 9.38 Å². The molecule has 5 heteroatoms. The molecule has 0 N–H and O–H groups in total. The molecule has 0 amide bonds. The van der Waals surface area contributed by atoms with Crippen LogP contribution >= 0.6 is 11.8 Å². The van der Waals surface area contributed by atoms with Gasteiger partial charge in [-0.05, 0) is 25.3 Å². The number of fused-ring (bicyclic) bond motifs is 1. The lowest BCUT2D eigenvalue weighted by atomic mass is 10.4. The quantitative estimate of drug-likeness (QED) is 0.605. The topological polar surface area (TPSA) is 43.6 Å². The molecule has 0 aliphatic carbocycles. The van der Waals surface area contributed by atoms with Crippen molar-refractivity contribution in [3.8, 4) is 0 Å². The highest BCUT2D eigenvalue weighted by Crippen LogP contribution is 2.21. The molecule has 0 atom stereocenters. The van der Waals surface area contributed by atoms with Crippen LogP contribution in [0, 0.1) is 0 Å². The molecular formula is C11H12N2O2S. The van der Waals surface area contributed by atoms with Crippen LogP contribution in [0.1, 0.15) is 17.4 Å². The van der Waals surface area contributed by atoms with Gasteiger partial charge in [-0.15, -0.1) is 11.8 Å². The van der Waals surface area contributed by atoms with Gasteiger partial charge in [0.1, 0.15) is 10.7 Å². The highest BCUT2D eigenvalue weighted by atomic mass is 32.2. The summed E-state index contributed by atoms with van der Waals surface area (Å²) >= 11 is 1.44. The van der Waals surface area contributed by atoms with Crippen molar-refractivity contribution in [2.45, 2.75) is 11.9 Å². The zero-order chi connectivity index (χ0) is 11.5. The molecule has 16 heavy (non-hydrogen) atoms. The molecule has 0 bridgehead atoms. The number of hydrogen-bond donors (Lipinski definition) is 0. The molecule has 0 spiro atoms. The molecule has 2 aromatic rings. The number of ether oxygens (including phenoxy) is 1. The summed E-state index contributed by atoms with van der Waals surface area (Å²) in [5, 5.41) is 0.699. The first-order valence-corrected chi connectivity index (χ1v) is 6.18. The van der Waals surface area contributed by atoms with Gasteiger partial charge in [0.05, 0.1) is 6.61 Å². The van der Waals surface area contributed by atoms with Crippen LogP contribution in [0.4, 0.5) is 0 Å². The second-order valence-corrected chi connectivity index (χ2v) is 3.91. The number of thioether (sulfide) groups is 1. The van der Waals surface area contributed by atoms with E-state index in [1.165, 1.54) is 11.8 Å². The van der Waals surface area contributed by atoms with Crippen molar-refractivity contribution < 1.29 is 9.53 Å². The molecule has 2 rings (SSSR count). The molecular weight excluding hydrogens is 224 g/mol. The number of nitrogens with zero attached hydrogens (tertiary/aromatic N) is 2. The van der Waals surface area contributed by atoms with Crippen molar-refractivity contribution in [3.05, 3.63) is 30.1 Å². The van der Waals surface area contributed by atoms with E-state index in [0.717, 1.165) is 5.65 Å².